The zero-order valence-electron chi connectivity index (χ0n) is 12.7. The molecule has 0 heterocycles. The van der Waals surface area contributed by atoms with Crippen molar-refractivity contribution in [2.45, 2.75) is 40.7 Å². The minimum atomic E-state index is 0.676. The van der Waals surface area contributed by atoms with Crippen LogP contribution in [0, 0.1) is 5.92 Å². The van der Waals surface area contributed by atoms with Crippen LogP contribution in [0.15, 0.2) is 22.7 Å². The van der Waals surface area contributed by atoms with E-state index in [0.29, 0.717) is 5.92 Å². The first-order chi connectivity index (χ1) is 9.08. The first kappa shape index (κ1) is 16.5. The van der Waals surface area contributed by atoms with E-state index in [0.717, 1.165) is 30.7 Å². The number of rotatable bonds is 8. The van der Waals surface area contributed by atoms with E-state index in [-0.39, 0.29) is 0 Å². The van der Waals surface area contributed by atoms with E-state index < -0.39 is 0 Å². The Labute approximate surface area is 126 Å². The van der Waals surface area contributed by atoms with Gasteiger partial charge in [0.05, 0.1) is 0 Å². The maximum Gasteiger partial charge on any atom is 0.0423 e. The van der Waals surface area contributed by atoms with Gasteiger partial charge in [0.25, 0.3) is 0 Å². The Hall–Kier alpha value is -0.540. The molecule has 0 unspecified atom stereocenters. The van der Waals surface area contributed by atoms with Crippen LogP contribution in [0.3, 0.4) is 0 Å². The molecule has 0 fully saturated rings. The minimum Gasteiger partial charge on any atom is -0.371 e. The Kier molecular flexibility index (Phi) is 7.47. The number of benzene rings is 1. The van der Waals surface area contributed by atoms with Crippen LogP contribution in [0.5, 0.6) is 0 Å². The van der Waals surface area contributed by atoms with Crippen molar-refractivity contribution in [1.29, 1.82) is 0 Å². The zero-order chi connectivity index (χ0) is 14.3. The van der Waals surface area contributed by atoms with E-state index in [1.807, 2.05) is 0 Å². The maximum absolute atomic E-state index is 3.59. The molecule has 1 N–H and O–H groups in total. The van der Waals surface area contributed by atoms with Crippen molar-refractivity contribution in [1.82, 2.24) is 5.32 Å². The number of anilines is 1. The van der Waals surface area contributed by atoms with Crippen LogP contribution in [-0.2, 0) is 6.54 Å². The summed E-state index contributed by atoms with van der Waals surface area (Å²) in [5, 5.41) is 3.50. The third-order valence-corrected chi connectivity index (χ3v) is 3.59. The Morgan fingerprint density at radius 1 is 1.26 bits per heavy atom. The van der Waals surface area contributed by atoms with E-state index in [4.69, 9.17) is 0 Å². The van der Waals surface area contributed by atoms with Gasteiger partial charge in [-0.2, -0.15) is 0 Å². The van der Waals surface area contributed by atoms with Crippen molar-refractivity contribution >= 4 is 21.6 Å². The smallest absolute Gasteiger partial charge is 0.0423 e. The highest BCUT2D eigenvalue weighted by molar-refractivity contribution is 9.10. The van der Waals surface area contributed by atoms with Gasteiger partial charge in [-0.3, -0.25) is 0 Å². The second kappa shape index (κ2) is 8.60. The van der Waals surface area contributed by atoms with Crippen LogP contribution in [0.4, 0.5) is 5.69 Å². The molecule has 0 aliphatic rings. The molecular formula is C16H27BrN2. The maximum atomic E-state index is 3.59. The number of nitrogens with zero attached hydrogens (tertiary/aromatic N) is 1. The topological polar surface area (TPSA) is 15.3 Å². The van der Waals surface area contributed by atoms with Crippen LogP contribution in [-0.4, -0.2) is 19.6 Å². The van der Waals surface area contributed by atoms with Crippen LogP contribution < -0.4 is 10.2 Å². The second-order valence-electron chi connectivity index (χ2n) is 5.38. The molecule has 0 aliphatic heterocycles. The predicted octanol–water partition coefficient (Wildman–Crippen LogP) is 4.43. The lowest BCUT2D eigenvalue weighted by Gasteiger charge is -2.28. The quantitative estimate of drug-likeness (QED) is 0.711. The van der Waals surface area contributed by atoms with Gasteiger partial charge in [0.15, 0.2) is 0 Å². The van der Waals surface area contributed by atoms with Crippen molar-refractivity contribution in [2.24, 2.45) is 5.92 Å². The predicted molar refractivity (Wildman–Crippen MR) is 88.9 cm³/mol. The van der Waals surface area contributed by atoms with Gasteiger partial charge in [-0.15, -0.1) is 0 Å². The molecule has 1 aromatic carbocycles. The highest BCUT2D eigenvalue weighted by atomic mass is 79.9. The Morgan fingerprint density at radius 3 is 2.58 bits per heavy atom. The number of halogens is 1. The van der Waals surface area contributed by atoms with Gasteiger partial charge in [0, 0.05) is 29.8 Å². The Bertz CT molecular complexity index is 377. The average Bonchev–Trinajstić information content (AvgIpc) is 2.37. The van der Waals surface area contributed by atoms with Gasteiger partial charge in [-0.05, 0) is 43.5 Å². The third-order valence-electron chi connectivity index (χ3n) is 3.10. The fraction of sp³-hybridized carbons (Fsp3) is 0.625. The molecule has 0 radical (unpaired) electrons. The van der Waals surface area contributed by atoms with Crippen molar-refractivity contribution in [2.75, 3.05) is 24.5 Å². The molecule has 0 spiro atoms. The number of hydrogen-bond acceptors (Lipinski definition) is 2. The normalized spacial score (nSPS) is 11.1. The van der Waals surface area contributed by atoms with Crippen LogP contribution in [0.1, 0.15) is 39.7 Å². The van der Waals surface area contributed by atoms with Gasteiger partial charge in [0.1, 0.15) is 0 Å². The molecule has 0 saturated carbocycles. The molecule has 0 amide bonds. The summed E-state index contributed by atoms with van der Waals surface area (Å²) in [6, 6.07) is 6.61. The van der Waals surface area contributed by atoms with Gasteiger partial charge in [-0.1, -0.05) is 42.8 Å². The van der Waals surface area contributed by atoms with Crippen molar-refractivity contribution < 1.29 is 0 Å². The fourth-order valence-electron chi connectivity index (χ4n) is 2.22. The Morgan fingerprint density at radius 2 is 2.00 bits per heavy atom. The molecule has 108 valence electrons. The average molecular weight is 327 g/mol. The third kappa shape index (κ3) is 5.53. The highest BCUT2D eigenvalue weighted by Gasteiger charge is 2.11. The van der Waals surface area contributed by atoms with Gasteiger partial charge >= 0.3 is 0 Å². The molecule has 0 saturated heterocycles. The lowest BCUT2D eigenvalue weighted by Crippen LogP contribution is -2.29. The Balaban J connectivity index is 2.90. The lowest BCUT2D eigenvalue weighted by molar-refractivity contribution is 0.613. The number of hydrogen-bond donors (Lipinski definition) is 1. The van der Waals surface area contributed by atoms with E-state index in [1.54, 1.807) is 0 Å². The SMILES string of the molecule is CCCNCc1ccc(Br)cc1N(CC)CC(C)C. The molecular weight excluding hydrogens is 300 g/mol. The summed E-state index contributed by atoms with van der Waals surface area (Å²) >= 11 is 3.59. The molecule has 0 aliphatic carbocycles. The summed E-state index contributed by atoms with van der Waals surface area (Å²) in [4.78, 5) is 2.47. The highest BCUT2D eigenvalue weighted by Crippen LogP contribution is 2.26. The molecule has 0 atom stereocenters. The van der Waals surface area contributed by atoms with E-state index in [9.17, 15) is 0 Å². The van der Waals surface area contributed by atoms with Crippen molar-refractivity contribution in [3.05, 3.63) is 28.2 Å². The summed E-state index contributed by atoms with van der Waals surface area (Å²) in [6.07, 6.45) is 1.18. The zero-order valence-corrected chi connectivity index (χ0v) is 14.3. The molecule has 0 aromatic heterocycles. The van der Waals surface area contributed by atoms with Gasteiger partial charge in [-0.25, -0.2) is 0 Å². The first-order valence-electron chi connectivity index (χ1n) is 7.32. The summed E-state index contributed by atoms with van der Waals surface area (Å²) in [7, 11) is 0. The number of nitrogens with one attached hydrogen (secondary N) is 1. The van der Waals surface area contributed by atoms with Crippen LogP contribution in [0.25, 0.3) is 0 Å². The molecule has 0 bridgehead atoms. The standard InChI is InChI=1S/C16H27BrN2/c1-5-9-18-11-14-7-8-15(17)10-16(14)19(6-2)12-13(3)4/h7-8,10,13,18H,5-6,9,11-12H2,1-4H3. The summed E-state index contributed by atoms with van der Waals surface area (Å²) in [5.74, 6) is 0.676. The van der Waals surface area contributed by atoms with E-state index in [1.165, 1.54) is 17.7 Å². The molecule has 3 heteroatoms. The summed E-state index contributed by atoms with van der Waals surface area (Å²) in [6.45, 7) is 13.2. The second-order valence-corrected chi connectivity index (χ2v) is 6.30. The first-order valence-corrected chi connectivity index (χ1v) is 8.11. The lowest BCUT2D eigenvalue weighted by atomic mass is 10.1. The molecule has 1 rings (SSSR count). The largest absolute Gasteiger partial charge is 0.371 e. The van der Waals surface area contributed by atoms with Crippen molar-refractivity contribution in [3.8, 4) is 0 Å². The summed E-state index contributed by atoms with van der Waals surface area (Å²) in [5.41, 5.74) is 2.74. The van der Waals surface area contributed by atoms with Crippen LogP contribution >= 0.6 is 15.9 Å². The van der Waals surface area contributed by atoms with Crippen LogP contribution in [0.2, 0.25) is 0 Å². The van der Waals surface area contributed by atoms with E-state index in [2.05, 4.69) is 72.0 Å². The van der Waals surface area contributed by atoms with E-state index >= 15 is 0 Å². The minimum absolute atomic E-state index is 0.676. The van der Waals surface area contributed by atoms with Crippen molar-refractivity contribution in [3.63, 3.8) is 0 Å². The molecule has 2 nitrogen and oxygen atoms in total. The summed E-state index contributed by atoms with van der Waals surface area (Å²) < 4.78 is 1.16. The molecule has 19 heavy (non-hydrogen) atoms. The monoisotopic (exact) mass is 326 g/mol. The fourth-order valence-corrected chi connectivity index (χ4v) is 2.57. The van der Waals surface area contributed by atoms with Gasteiger partial charge in [0.2, 0.25) is 0 Å². The molecule has 1 aromatic rings. The van der Waals surface area contributed by atoms with Gasteiger partial charge < -0.3 is 10.2 Å².